The standard InChI is InChI=1S/C14H28N2O/c1-3-4-5-8-12(2)16-13(17)11-14(15)9-6-7-10-14/h12H,3-11,15H2,1-2H3,(H,16,17). The van der Waals surface area contributed by atoms with Crippen molar-refractivity contribution in [3.05, 3.63) is 0 Å². The summed E-state index contributed by atoms with van der Waals surface area (Å²) < 4.78 is 0. The molecule has 0 bridgehead atoms. The minimum atomic E-state index is -0.215. The fraction of sp³-hybridized carbons (Fsp3) is 0.929. The van der Waals surface area contributed by atoms with Crippen LogP contribution in [0.1, 0.15) is 71.6 Å². The van der Waals surface area contributed by atoms with Crippen molar-refractivity contribution in [1.29, 1.82) is 0 Å². The summed E-state index contributed by atoms with van der Waals surface area (Å²) in [6.45, 7) is 4.28. The third kappa shape index (κ3) is 5.53. The number of nitrogens with one attached hydrogen (secondary N) is 1. The van der Waals surface area contributed by atoms with Crippen LogP contribution < -0.4 is 11.1 Å². The van der Waals surface area contributed by atoms with Gasteiger partial charge in [-0.1, -0.05) is 39.0 Å². The van der Waals surface area contributed by atoms with Gasteiger partial charge < -0.3 is 11.1 Å². The smallest absolute Gasteiger partial charge is 0.222 e. The molecule has 0 aliphatic heterocycles. The van der Waals surface area contributed by atoms with E-state index in [1.54, 1.807) is 0 Å². The molecule has 0 aromatic heterocycles. The predicted octanol–water partition coefficient (Wildman–Crippen LogP) is 2.73. The summed E-state index contributed by atoms with van der Waals surface area (Å²) >= 11 is 0. The zero-order valence-corrected chi connectivity index (χ0v) is 11.4. The molecule has 0 heterocycles. The molecule has 0 saturated heterocycles. The molecule has 1 fully saturated rings. The van der Waals surface area contributed by atoms with Gasteiger partial charge in [0.15, 0.2) is 0 Å². The van der Waals surface area contributed by atoms with E-state index in [0.29, 0.717) is 12.5 Å². The van der Waals surface area contributed by atoms with Gasteiger partial charge in [0, 0.05) is 18.0 Å². The molecule has 3 nitrogen and oxygen atoms in total. The van der Waals surface area contributed by atoms with Gasteiger partial charge in [-0.3, -0.25) is 4.79 Å². The number of carbonyl (C=O) groups is 1. The van der Waals surface area contributed by atoms with E-state index in [-0.39, 0.29) is 11.4 Å². The summed E-state index contributed by atoms with van der Waals surface area (Å²) in [6, 6.07) is 0.291. The van der Waals surface area contributed by atoms with Gasteiger partial charge >= 0.3 is 0 Å². The van der Waals surface area contributed by atoms with E-state index in [0.717, 1.165) is 19.3 Å². The Morgan fingerprint density at radius 3 is 2.59 bits per heavy atom. The normalized spacial score (nSPS) is 20.2. The quantitative estimate of drug-likeness (QED) is 0.672. The van der Waals surface area contributed by atoms with Crippen molar-refractivity contribution in [2.45, 2.75) is 83.2 Å². The van der Waals surface area contributed by atoms with Gasteiger partial charge in [0.2, 0.25) is 5.91 Å². The van der Waals surface area contributed by atoms with Crippen molar-refractivity contribution in [3.8, 4) is 0 Å². The highest BCUT2D eigenvalue weighted by molar-refractivity contribution is 5.77. The molecular formula is C14H28N2O. The Morgan fingerprint density at radius 1 is 1.35 bits per heavy atom. The van der Waals surface area contributed by atoms with Crippen LogP contribution in [0.25, 0.3) is 0 Å². The van der Waals surface area contributed by atoms with Gasteiger partial charge in [0.1, 0.15) is 0 Å². The average molecular weight is 240 g/mol. The van der Waals surface area contributed by atoms with Crippen LogP contribution in [-0.4, -0.2) is 17.5 Å². The van der Waals surface area contributed by atoms with Crippen molar-refractivity contribution in [2.24, 2.45) is 5.73 Å². The maximum atomic E-state index is 11.9. The molecule has 1 rings (SSSR count). The lowest BCUT2D eigenvalue weighted by atomic mass is 9.94. The Bertz CT molecular complexity index is 234. The molecule has 1 unspecified atom stereocenters. The van der Waals surface area contributed by atoms with E-state index >= 15 is 0 Å². The lowest BCUT2D eigenvalue weighted by Gasteiger charge is -2.24. The summed E-state index contributed by atoms with van der Waals surface area (Å²) in [6.07, 6.45) is 9.63. The van der Waals surface area contributed by atoms with Crippen molar-refractivity contribution in [2.75, 3.05) is 0 Å². The molecule has 3 N–H and O–H groups in total. The monoisotopic (exact) mass is 240 g/mol. The summed E-state index contributed by atoms with van der Waals surface area (Å²) in [5.41, 5.74) is 5.98. The number of rotatable bonds is 7. The van der Waals surface area contributed by atoms with Crippen LogP contribution in [0.4, 0.5) is 0 Å². The lowest BCUT2D eigenvalue weighted by Crippen LogP contribution is -2.44. The summed E-state index contributed by atoms with van der Waals surface area (Å²) in [5.74, 6) is 0.137. The number of carbonyl (C=O) groups excluding carboxylic acids is 1. The fourth-order valence-electron chi connectivity index (χ4n) is 2.67. The Labute approximate surface area is 106 Å². The molecule has 1 aliphatic carbocycles. The summed E-state index contributed by atoms with van der Waals surface area (Å²) in [4.78, 5) is 11.9. The first-order valence-corrected chi connectivity index (χ1v) is 7.14. The first kappa shape index (κ1) is 14.5. The van der Waals surface area contributed by atoms with Crippen molar-refractivity contribution in [1.82, 2.24) is 5.32 Å². The molecule has 1 aliphatic rings. The largest absolute Gasteiger partial charge is 0.354 e. The highest BCUT2D eigenvalue weighted by Gasteiger charge is 2.31. The molecule has 17 heavy (non-hydrogen) atoms. The van der Waals surface area contributed by atoms with E-state index < -0.39 is 0 Å². The van der Waals surface area contributed by atoms with Crippen LogP contribution in [0.15, 0.2) is 0 Å². The SMILES string of the molecule is CCCCCC(C)NC(=O)CC1(N)CCCC1. The molecule has 1 saturated carbocycles. The Morgan fingerprint density at radius 2 is 2.00 bits per heavy atom. The van der Waals surface area contributed by atoms with E-state index in [1.165, 1.54) is 32.1 Å². The minimum Gasteiger partial charge on any atom is -0.354 e. The van der Waals surface area contributed by atoms with Gasteiger partial charge in [0.25, 0.3) is 0 Å². The summed E-state index contributed by atoms with van der Waals surface area (Å²) in [7, 11) is 0. The second-order valence-corrected chi connectivity index (χ2v) is 5.71. The number of hydrogen-bond acceptors (Lipinski definition) is 2. The van der Waals surface area contributed by atoms with Gasteiger partial charge in [-0.25, -0.2) is 0 Å². The maximum Gasteiger partial charge on any atom is 0.222 e. The van der Waals surface area contributed by atoms with Crippen molar-refractivity contribution in [3.63, 3.8) is 0 Å². The zero-order valence-electron chi connectivity index (χ0n) is 11.4. The predicted molar refractivity (Wildman–Crippen MR) is 71.8 cm³/mol. The first-order valence-electron chi connectivity index (χ1n) is 7.14. The van der Waals surface area contributed by atoms with Crippen molar-refractivity contribution >= 4 is 5.91 Å². The topological polar surface area (TPSA) is 55.1 Å². The van der Waals surface area contributed by atoms with E-state index in [4.69, 9.17) is 5.73 Å². The molecule has 1 amide bonds. The second-order valence-electron chi connectivity index (χ2n) is 5.71. The minimum absolute atomic E-state index is 0.137. The van der Waals surface area contributed by atoms with Gasteiger partial charge in [-0.05, 0) is 26.2 Å². The number of hydrogen-bond donors (Lipinski definition) is 2. The molecule has 3 heteroatoms. The van der Waals surface area contributed by atoms with Crippen LogP contribution in [0, 0.1) is 0 Å². The van der Waals surface area contributed by atoms with Crippen molar-refractivity contribution < 1.29 is 4.79 Å². The van der Waals surface area contributed by atoms with Gasteiger partial charge in [0.05, 0.1) is 0 Å². The van der Waals surface area contributed by atoms with Crippen LogP contribution >= 0.6 is 0 Å². The van der Waals surface area contributed by atoms with E-state index in [1.807, 2.05) is 0 Å². The Kier molecular flexibility index (Phi) is 5.96. The third-order valence-corrected chi connectivity index (χ3v) is 3.76. The summed E-state index contributed by atoms with van der Waals surface area (Å²) in [5, 5.41) is 3.07. The molecular weight excluding hydrogens is 212 g/mol. The highest BCUT2D eigenvalue weighted by atomic mass is 16.1. The molecule has 0 radical (unpaired) electrons. The van der Waals surface area contributed by atoms with Gasteiger partial charge in [-0.2, -0.15) is 0 Å². The van der Waals surface area contributed by atoms with Crippen LogP contribution in [0.2, 0.25) is 0 Å². The molecule has 0 spiro atoms. The Balaban J connectivity index is 2.19. The fourth-order valence-corrected chi connectivity index (χ4v) is 2.67. The van der Waals surface area contributed by atoms with Crippen LogP contribution in [0.5, 0.6) is 0 Å². The van der Waals surface area contributed by atoms with E-state index in [9.17, 15) is 4.79 Å². The second kappa shape index (κ2) is 7.00. The first-order chi connectivity index (χ1) is 8.06. The molecule has 100 valence electrons. The maximum absolute atomic E-state index is 11.9. The Hall–Kier alpha value is -0.570. The van der Waals surface area contributed by atoms with Gasteiger partial charge in [-0.15, -0.1) is 0 Å². The lowest BCUT2D eigenvalue weighted by molar-refractivity contribution is -0.122. The van der Waals surface area contributed by atoms with Crippen LogP contribution in [-0.2, 0) is 4.79 Å². The molecule has 0 aromatic carbocycles. The van der Waals surface area contributed by atoms with Crippen LogP contribution in [0.3, 0.4) is 0 Å². The highest BCUT2D eigenvalue weighted by Crippen LogP contribution is 2.29. The number of unbranched alkanes of at least 4 members (excludes halogenated alkanes) is 2. The molecule has 0 aromatic rings. The van der Waals surface area contributed by atoms with E-state index in [2.05, 4.69) is 19.2 Å². The number of amides is 1. The zero-order chi connectivity index (χ0) is 12.7. The number of nitrogens with two attached hydrogens (primary N) is 1. The average Bonchev–Trinajstić information content (AvgIpc) is 2.64. The third-order valence-electron chi connectivity index (χ3n) is 3.76. The molecule has 1 atom stereocenters.